The molecule has 0 amide bonds. The van der Waals surface area contributed by atoms with Crippen LogP contribution in [-0.4, -0.2) is 16.3 Å². The van der Waals surface area contributed by atoms with Gasteiger partial charge in [0.2, 0.25) is 0 Å². The van der Waals surface area contributed by atoms with Gasteiger partial charge in [0.15, 0.2) is 0 Å². The van der Waals surface area contributed by atoms with E-state index in [1.54, 1.807) is 0 Å². The van der Waals surface area contributed by atoms with Crippen LogP contribution in [0.15, 0.2) is 24.3 Å². The SMILES string of the molecule is C=C(/C=C\C(CN)CCI)CBr. The van der Waals surface area contributed by atoms with Crippen LogP contribution in [0.2, 0.25) is 0 Å². The molecule has 3 heteroatoms. The van der Waals surface area contributed by atoms with Gasteiger partial charge in [0.25, 0.3) is 0 Å². The lowest BCUT2D eigenvalue weighted by molar-refractivity contribution is 0.650. The van der Waals surface area contributed by atoms with Gasteiger partial charge in [0, 0.05) is 9.76 Å². The molecule has 0 spiro atoms. The minimum Gasteiger partial charge on any atom is -0.330 e. The summed E-state index contributed by atoms with van der Waals surface area (Å²) in [5.41, 5.74) is 6.69. The average Bonchev–Trinajstić information content (AvgIpc) is 2.11. The Labute approximate surface area is 96.7 Å². The predicted molar refractivity (Wildman–Crippen MR) is 68.1 cm³/mol. The summed E-state index contributed by atoms with van der Waals surface area (Å²) in [7, 11) is 0. The molecule has 0 rings (SSSR count). The lowest BCUT2D eigenvalue weighted by Crippen LogP contribution is -2.12. The normalized spacial score (nSPS) is 13.6. The molecule has 2 N–H and O–H groups in total. The second-order valence-corrected chi connectivity index (χ2v) is 4.26. The fraction of sp³-hybridized carbons (Fsp3) is 0.556. The second-order valence-electron chi connectivity index (χ2n) is 2.62. The van der Waals surface area contributed by atoms with Crippen molar-refractivity contribution >= 4 is 38.5 Å². The Morgan fingerprint density at radius 3 is 2.75 bits per heavy atom. The van der Waals surface area contributed by atoms with Gasteiger partial charge in [-0.25, -0.2) is 0 Å². The number of hydrogen-bond donors (Lipinski definition) is 1. The van der Waals surface area contributed by atoms with Gasteiger partial charge in [-0.2, -0.15) is 0 Å². The second kappa shape index (κ2) is 8.26. The van der Waals surface area contributed by atoms with E-state index in [0.29, 0.717) is 5.92 Å². The molecular weight excluding hydrogens is 329 g/mol. The maximum atomic E-state index is 5.59. The molecule has 0 aromatic carbocycles. The molecule has 0 aromatic heterocycles. The van der Waals surface area contributed by atoms with Crippen molar-refractivity contribution in [2.45, 2.75) is 6.42 Å². The highest BCUT2D eigenvalue weighted by molar-refractivity contribution is 14.1. The van der Waals surface area contributed by atoms with Gasteiger partial charge in [0.1, 0.15) is 0 Å². The zero-order chi connectivity index (χ0) is 9.40. The van der Waals surface area contributed by atoms with Crippen molar-refractivity contribution in [2.75, 3.05) is 16.3 Å². The zero-order valence-electron chi connectivity index (χ0n) is 7.10. The van der Waals surface area contributed by atoms with Crippen molar-refractivity contribution in [3.05, 3.63) is 24.3 Å². The fourth-order valence-corrected chi connectivity index (χ4v) is 1.74. The maximum Gasteiger partial charge on any atom is 0.0277 e. The number of halogens is 2. The molecule has 1 atom stereocenters. The smallest absolute Gasteiger partial charge is 0.0277 e. The lowest BCUT2D eigenvalue weighted by Gasteiger charge is -2.06. The lowest BCUT2D eigenvalue weighted by atomic mass is 10.1. The van der Waals surface area contributed by atoms with Crippen LogP contribution in [0.1, 0.15) is 6.42 Å². The first-order valence-corrected chi connectivity index (χ1v) is 6.57. The Bertz CT molecular complexity index is 157. The van der Waals surface area contributed by atoms with Gasteiger partial charge < -0.3 is 5.73 Å². The van der Waals surface area contributed by atoms with Crippen LogP contribution >= 0.6 is 38.5 Å². The van der Waals surface area contributed by atoms with E-state index >= 15 is 0 Å². The molecule has 0 aliphatic heterocycles. The molecule has 0 bridgehead atoms. The van der Waals surface area contributed by atoms with Crippen molar-refractivity contribution < 1.29 is 0 Å². The molecule has 0 radical (unpaired) electrons. The number of rotatable bonds is 6. The van der Waals surface area contributed by atoms with Crippen LogP contribution in [0.25, 0.3) is 0 Å². The number of allylic oxidation sites excluding steroid dienone is 2. The van der Waals surface area contributed by atoms with Crippen molar-refractivity contribution in [3.8, 4) is 0 Å². The first-order valence-electron chi connectivity index (χ1n) is 3.92. The van der Waals surface area contributed by atoms with Gasteiger partial charge in [0.05, 0.1) is 0 Å². The Kier molecular flexibility index (Phi) is 8.70. The van der Waals surface area contributed by atoms with Gasteiger partial charge in [-0.1, -0.05) is 57.3 Å². The summed E-state index contributed by atoms with van der Waals surface area (Å²) < 4.78 is 1.16. The molecule has 0 saturated heterocycles. The van der Waals surface area contributed by atoms with E-state index in [1.165, 1.54) is 0 Å². The largest absolute Gasteiger partial charge is 0.330 e. The average molecular weight is 344 g/mol. The highest BCUT2D eigenvalue weighted by Gasteiger charge is 1.99. The summed E-state index contributed by atoms with van der Waals surface area (Å²) in [5, 5.41) is 0.838. The van der Waals surface area contributed by atoms with Gasteiger partial charge in [-0.15, -0.1) is 0 Å². The Morgan fingerprint density at radius 2 is 2.33 bits per heavy atom. The van der Waals surface area contributed by atoms with Crippen LogP contribution in [0.5, 0.6) is 0 Å². The van der Waals surface area contributed by atoms with Crippen LogP contribution in [-0.2, 0) is 0 Å². The van der Waals surface area contributed by atoms with Crippen molar-refractivity contribution in [1.29, 1.82) is 0 Å². The molecule has 0 aliphatic rings. The quantitative estimate of drug-likeness (QED) is 0.448. The number of nitrogens with two attached hydrogens (primary N) is 1. The van der Waals surface area contributed by atoms with Crippen LogP contribution in [0.4, 0.5) is 0 Å². The molecule has 0 heterocycles. The first-order chi connectivity index (χ1) is 5.74. The highest BCUT2D eigenvalue weighted by Crippen LogP contribution is 2.08. The van der Waals surface area contributed by atoms with Crippen LogP contribution < -0.4 is 5.73 Å². The molecule has 70 valence electrons. The highest BCUT2D eigenvalue weighted by atomic mass is 127. The van der Waals surface area contributed by atoms with E-state index in [1.807, 2.05) is 0 Å². The summed E-state index contributed by atoms with van der Waals surface area (Å²) in [4.78, 5) is 0. The monoisotopic (exact) mass is 343 g/mol. The topological polar surface area (TPSA) is 26.0 Å². The van der Waals surface area contributed by atoms with E-state index in [0.717, 1.165) is 28.3 Å². The minimum absolute atomic E-state index is 0.512. The van der Waals surface area contributed by atoms with Crippen molar-refractivity contribution in [3.63, 3.8) is 0 Å². The molecule has 0 aromatic rings. The minimum atomic E-state index is 0.512. The summed E-state index contributed by atoms with van der Waals surface area (Å²) in [6.07, 6.45) is 5.37. The van der Waals surface area contributed by atoms with Crippen LogP contribution in [0, 0.1) is 5.92 Å². The van der Waals surface area contributed by atoms with E-state index in [4.69, 9.17) is 5.73 Å². The standard InChI is InChI=1S/C9H15BrIN/c1-8(6-10)2-3-9(7-12)4-5-11/h2-3,9H,1,4-7,12H2/b3-2-. The maximum absolute atomic E-state index is 5.59. The summed E-state index contributed by atoms with van der Waals surface area (Å²) in [6, 6.07) is 0. The number of alkyl halides is 2. The van der Waals surface area contributed by atoms with Crippen molar-refractivity contribution in [1.82, 2.24) is 0 Å². The van der Waals surface area contributed by atoms with Gasteiger partial charge in [-0.05, 0) is 24.5 Å². The predicted octanol–water partition coefficient (Wildman–Crippen LogP) is 2.89. The third kappa shape index (κ3) is 6.20. The van der Waals surface area contributed by atoms with Crippen molar-refractivity contribution in [2.24, 2.45) is 11.7 Å². The van der Waals surface area contributed by atoms with Crippen LogP contribution in [0.3, 0.4) is 0 Å². The molecule has 0 saturated carbocycles. The van der Waals surface area contributed by atoms with E-state index in [9.17, 15) is 0 Å². The number of hydrogen-bond acceptors (Lipinski definition) is 1. The zero-order valence-corrected chi connectivity index (χ0v) is 10.8. The molecule has 12 heavy (non-hydrogen) atoms. The molecule has 0 fully saturated rings. The molecule has 1 unspecified atom stereocenters. The fourth-order valence-electron chi connectivity index (χ4n) is 0.749. The van der Waals surface area contributed by atoms with E-state index in [2.05, 4.69) is 57.3 Å². The van der Waals surface area contributed by atoms with Gasteiger partial charge >= 0.3 is 0 Å². The summed E-state index contributed by atoms with van der Waals surface area (Å²) >= 11 is 5.71. The Balaban J connectivity index is 3.83. The Morgan fingerprint density at radius 1 is 1.67 bits per heavy atom. The summed E-state index contributed by atoms with van der Waals surface area (Å²) in [6.45, 7) is 4.59. The summed E-state index contributed by atoms with van der Waals surface area (Å²) in [5.74, 6) is 0.512. The molecule has 1 nitrogen and oxygen atoms in total. The van der Waals surface area contributed by atoms with Gasteiger partial charge in [-0.3, -0.25) is 0 Å². The third-order valence-corrected chi connectivity index (χ3v) is 2.90. The first kappa shape index (κ1) is 12.7. The van der Waals surface area contributed by atoms with E-state index < -0.39 is 0 Å². The molecular formula is C9H15BrIN. The molecule has 0 aliphatic carbocycles. The Hall–Kier alpha value is 0.650. The third-order valence-electron chi connectivity index (χ3n) is 1.56. The van der Waals surface area contributed by atoms with E-state index in [-0.39, 0.29) is 0 Å².